The van der Waals surface area contributed by atoms with E-state index < -0.39 is 5.41 Å². The lowest BCUT2D eigenvalue weighted by molar-refractivity contribution is 0.621. The van der Waals surface area contributed by atoms with E-state index in [0.717, 1.165) is 5.56 Å². The van der Waals surface area contributed by atoms with E-state index >= 15 is 0 Å². The molecule has 0 saturated heterocycles. The van der Waals surface area contributed by atoms with Crippen molar-refractivity contribution in [3.05, 3.63) is 48.0 Å². The summed E-state index contributed by atoms with van der Waals surface area (Å²) in [6.07, 6.45) is 2.49. The summed E-state index contributed by atoms with van der Waals surface area (Å²) >= 11 is 0. The minimum atomic E-state index is -0.447. The van der Waals surface area contributed by atoms with Crippen LogP contribution in [0.4, 0.5) is 0 Å². The maximum atomic E-state index is 9.25. The molecule has 16 heavy (non-hydrogen) atoms. The van der Waals surface area contributed by atoms with Crippen LogP contribution in [-0.4, -0.2) is 0 Å². The Morgan fingerprint density at radius 1 is 1.38 bits per heavy atom. The summed E-state index contributed by atoms with van der Waals surface area (Å²) < 4.78 is 0. The Balaban J connectivity index is 3.05. The van der Waals surface area contributed by atoms with Crippen molar-refractivity contribution in [2.75, 3.05) is 0 Å². The van der Waals surface area contributed by atoms with E-state index in [2.05, 4.69) is 50.8 Å². The molecule has 0 saturated carbocycles. The first-order chi connectivity index (χ1) is 7.53. The van der Waals surface area contributed by atoms with Crippen LogP contribution in [0.5, 0.6) is 0 Å². The number of hydrogen-bond acceptors (Lipinski definition) is 1. The van der Waals surface area contributed by atoms with Gasteiger partial charge in [-0.15, -0.1) is 6.58 Å². The summed E-state index contributed by atoms with van der Waals surface area (Å²) in [5.74, 6) is 0.529. The van der Waals surface area contributed by atoms with Crippen molar-refractivity contribution < 1.29 is 0 Å². The summed E-state index contributed by atoms with van der Waals surface area (Å²) in [5, 5.41) is 9.25. The highest BCUT2D eigenvalue weighted by molar-refractivity contribution is 5.35. The maximum absolute atomic E-state index is 9.25. The lowest BCUT2D eigenvalue weighted by Gasteiger charge is -2.20. The van der Waals surface area contributed by atoms with Gasteiger partial charge in [0.25, 0.3) is 0 Å². The van der Waals surface area contributed by atoms with Crippen LogP contribution in [-0.2, 0) is 5.41 Å². The molecule has 84 valence electrons. The van der Waals surface area contributed by atoms with Gasteiger partial charge in [0.1, 0.15) is 0 Å². The summed E-state index contributed by atoms with van der Waals surface area (Å²) in [4.78, 5) is 0. The fraction of sp³-hybridized carbons (Fsp3) is 0.400. The van der Waals surface area contributed by atoms with Gasteiger partial charge in [0, 0.05) is 0 Å². The highest BCUT2D eigenvalue weighted by atomic mass is 14.3. The third-order valence-electron chi connectivity index (χ3n) is 3.01. The van der Waals surface area contributed by atoms with Crippen molar-refractivity contribution in [2.45, 2.75) is 38.5 Å². The molecule has 1 unspecified atom stereocenters. The van der Waals surface area contributed by atoms with Crippen LogP contribution in [0, 0.1) is 11.3 Å². The zero-order valence-electron chi connectivity index (χ0n) is 10.3. The second kappa shape index (κ2) is 4.99. The maximum Gasteiger partial charge on any atom is 0.0828 e. The van der Waals surface area contributed by atoms with E-state index in [1.165, 1.54) is 5.56 Å². The van der Waals surface area contributed by atoms with Crippen molar-refractivity contribution in [1.82, 2.24) is 0 Å². The van der Waals surface area contributed by atoms with Gasteiger partial charge in [-0.3, -0.25) is 0 Å². The van der Waals surface area contributed by atoms with Crippen molar-refractivity contribution in [2.24, 2.45) is 0 Å². The number of nitriles is 1. The second-order valence-electron chi connectivity index (χ2n) is 4.71. The lowest BCUT2D eigenvalue weighted by Crippen LogP contribution is -2.18. The second-order valence-corrected chi connectivity index (χ2v) is 4.71. The van der Waals surface area contributed by atoms with Crippen LogP contribution in [0.1, 0.15) is 44.2 Å². The Morgan fingerprint density at radius 3 is 2.31 bits per heavy atom. The van der Waals surface area contributed by atoms with Gasteiger partial charge in [-0.2, -0.15) is 5.26 Å². The first-order valence-electron chi connectivity index (χ1n) is 5.66. The SMILES string of the molecule is C=CCC(C)(C#N)c1ccc(C(C)C)cc1. The smallest absolute Gasteiger partial charge is 0.0828 e. The van der Waals surface area contributed by atoms with Crippen LogP contribution in [0.2, 0.25) is 0 Å². The van der Waals surface area contributed by atoms with Crippen LogP contribution in [0.15, 0.2) is 36.9 Å². The van der Waals surface area contributed by atoms with Gasteiger partial charge in [0.2, 0.25) is 0 Å². The minimum absolute atomic E-state index is 0.447. The van der Waals surface area contributed by atoms with E-state index in [1.54, 1.807) is 6.08 Å². The fourth-order valence-corrected chi connectivity index (χ4v) is 1.75. The number of hydrogen-bond donors (Lipinski definition) is 0. The first-order valence-corrected chi connectivity index (χ1v) is 5.66. The highest BCUT2D eigenvalue weighted by Gasteiger charge is 2.24. The zero-order valence-corrected chi connectivity index (χ0v) is 10.3. The first kappa shape index (κ1) is 12.5. The molecule has 0 aliphatic heterocycles. The lowest BCUT2D eigenvalue weighted by atomic mass is 9.80. The van der Waals surface area contributed by atoms with Crippen LogP contribution < -0.4 is 0 Å². The Kier molecular flexibility index (Phi) is 3.90. The van der Waals surface area contributed by atoms with E-state index in [4.69, 9.17) is 0 Å². The van der Waals surface area contributed by atoms with E-state index in [9.17, 15) is 5.26 Å². The minimum Gasteiger partial charge on any atom is -0.197 e. The molecule has 1 aromatic carbocycles. The standard InChI is InChI=1S/C15H19N/c1-5-10-15(4,11-16)14-8-6-13(7-9-14)12(2)3/h5-9,12H,1,10H2,2-4H3. The molecule has 0 bridgehead atoms. The van der Waals surface area contributed by atoms with Crippen LogP contribution >= 0.6 is 0 Å². The van der Waals surface area contributed by atoms with E-state index in [1.807, 2.05) is 6.92 Å². The molecule has 0 heterocycles. The summed E-state index contributed by atoms with van der Waals surface area (Å²) in [6, 6.07) is 10.7. The quantitative estimate of drug-likeness (QED) is 0.689. The predicted molar refractivity (Wildman–Crippen MR) is 68.3 cm³/mol. The molecule has 1 atom stereocenters. The number of benzene rings is 1. The molecular weight excluding hydrogens is 194 g/mol. The van der Waals surface area contributed by atoms with Gasteiger partial charge in [-0.05, 0) is 30.4 Å². The molecule has 0 amide bonds. The summed E-state index contributed by atoms with van der Waals surface area (Å²) in [6.45, 7) is 10.0. The molecule has 0 N–H and O–H groups in total. The summed E-state index contributed by atoms with van der Waals surface area (Å²) in [7, 11) is 0. The third-order valence-corrected chi connectivity index (χ3v) is 3.01. The van der Waals surface area contributed by atoms with E-state index in [0.29, 0.717) is 12.3 Å². The molecule has 1 aromatic rings. The largest absolute Gasteiger partial charge is 0.197 e. The van der Waals surface area contributed by atoms with Crippen molar-refractivity contribution in [3.8, 4) is 6.07 Å². The Hall–Kier alpha value is -1.55. The Bertz CT molecular complexity index is 394. The number of rotatable bonds is 4. The molecule has 1 heteroatoms. The molecule has 0 aliphatic rings. The molecule has 0 aliphatic carbocycles. The molecule has 0 fully saturated rings. The van der Waals surface area contributed by atoms with Gasteiger partial charge in [-0.1, -0.05) is 44.2 Å². The number of nitrogens with zero attached hydrogens (tertiary/aromatic N) is 1. The van der Waals surface area contributed by atoms with Gasteiger partial charge < -0.3 is 0 Å². The average molecular weight is 213 g/mol. The molecule has 0 aromatic heterocycles. The van der Waals surface area contributed by atoms with Crippen molar-refractivity contribution in [3.63, 3.8) is 0 Å². The predicted octanol–water partition coefficient (Wildman–Crippen LogP) is 4.17. The molecule has 0 radical (unpaired) electrons. The van der Waals surface area contributed by atoms with Crippen LogP contribution in [0.3, 0.4) is 0 Å². The summed E-state index contributed by atoms with van der Waals surface area (Å²) in [5.41, 5.74) is 1.93. The molecule has 0 spiro atoms. The van der Waals surface area contributed by atoms with Gasteiger partial charge in [0.15, 0.2) is 0 Å². The normalized spacial score (nSPS) is 14.2. The highest BCUT2D eigenvalue weighted by Crippen LogP contribution is 2.28. The number of allylic oxidation sites excluding steroid dienone is 1. The van der Waals surface area contributed by atoms with Crippen LogP contribution in [0.25, 0.3) is 0 Å². The Morgan fingerprint density at radius 2 is 1.94 bits per heavy atom. The monoisotopic (exact) mass is 213 g/mol. The fourth-order valence-electron chi connectivity index (χ4n) is 1.75. The zero-order chi connectivity index (χ0) is 12.2. The third kappa shape index (κ3) is 2.52. The molecule has 1 rings (SSSR count). The molecular formula is C15H19N. The van der Waals surface area contributed by atoms with Gasteiger partial charge in [0.05, 0.1) is 11.5 Å². The molecule has 1 nitrogen and oxygen atoms in total. The average Bonchev–Trinajstić information content (AvgIpc) is 2.29. The van der Waals surface area contributed by atoms with Crippen molar-refractivity contribution in [1.29, 1.82) is 5.26 Å². The van der Waals surface area contributed by atoms with E-state index in [-0.39, 0.29) is 0 Å². The van der Waals surface area contributed by atoms with Crippen molar-refractivity contribution >= 4 is 0 Å². The van der Waals surface area contributed by atoms with Gasteiger partial charge >= 0.3 is 0 Å². The topological polar surface area (TPSA) is 23.8 Å². The van der Waals surface area contributed by atoms with Gasteiger partial charge in [-0.25, -0.2) is 0 Å². The Labute approximate surface area is 98.4 Å².